The quantitative estimate of drug-likeness (QED) is 0.738. The van der Waals surface area contributed by atoms with Crippen molar-refractivity contribution in [2.75, 3.05) is 6.54 Å². The van der Waals surface area contributed by atoms with E-state index in [2.05, 4.69) is 55.3 Å². The standard InChI is InChI=1S/C14H19N/c1-4-6-11-15-14(5-2)13-9-7-12(3)8-10-13/h7-10,14-15H,5,11H2,1-3H3. The predicted molar refractivity (Wildman–Crippen MR) is 65.7 cm³/mol. The maximum atomic E-state index is 3.43. The molecule has 1 aromatic rings. The van der Waals surface area contributed by atoms with Gasteiger partial charge in [-0.15, -0.1) is 5.92 Å². The molecule has 0 amide bonds. The van der Waals surface area contributed by atoms with E-state index in [0.29, 0.717) is 6.04 Å². The lowest BCUT2D eigenvalue weighted by atomic mass is 10.0. The van der Waals surface area contributed by atoms with E-state index in [-0.39, 0.29) is 0 Å². The average molecular weight is 201 g/mol. The van der Waals surface area contributed by atoms with E-state index in [0.717, 1.165) is 13.0 Å². The zero-order chi connectivity index (χ0) is 11.1. The molecule has 0 aliphatic rings. The number of benzene rings is 1. The number of aryl methyl sites for hydroxylation is 1. The highest BCUT2D eigenvalue weighted by molar-refractivity contribution is 5.24. The maximum absolute atomic E-state index is 3.43. The second-order valence-electron chi connectivity index (χ2n) is 3.68. The predicted octanol–water partition coefficient (Wildman–Crippen LogP) is 3.06. The minimum atomic E-state index is 0.423. The molecule has 1 atom stereocenters. The first kappa shape index (κ1) is 11.8. The van der Waals surface area contributed by atoms with Crippen LogP contribution >= 0.6 is 0 Å². The molecule has 1 rings (SSSR count). The number of rotatable bonds is 4. The van der Waals surface area contributed by atoms with Gasteiger partial charge in [0.25, 0.3) is 0 Å². The van der Waals surface area contributed by atoms with Gasteiger partial charge in [0.15, 0.2) is 0 Å². The molecule has 0 radical (unpaired) electrons. The lowest BCUT2D eigenvalue weighted by Gasteiger charge is -2.15. The summed E-state index contributed by atoms with van der Waals surface area (Å²) < 4.78 is 0. The van der Waals surface area contributed by atoms with E-state index in [9.17, 15) is 0 Å². The van der Waals surface area contributed by atoms with Crippen molar-refractivity contribution in [3.63, 3.8) is 0 Å². The molecular formula is C14H19N. The normalized spacial score (nSPS) is 11.7. The van der Waals surface area contributed by atoms with Crippen LogP contribution in [0.25, 0.3) is 0 Å². The molecular weight excluding hydrogens is 182 g/mol. The lowest BCUT2D eigenvalue weighted by molar-refractivity contribution is 0.555. The first-order chi connectivity index (χ1) is 7.27. The molecule has 1 unspecified atom stereocenters. The van der Waals surface area contributed by atoms with Gasteiger partial charge in [-0.1, -0.05) is 42.7 Å². The lowest BCUT2D eigenvalue weighted by Crippen LogP contribution is -2.20. The number of hydrogen-bond acceptors (Lipinski definition) is 1. The van der Waals surface area contributed by atoms with Crippen molar-refractivity contribution in [3.8, 4) is 11.8 Å². The van der Waals surface area contributed by atoms with E-state index in [1.54, 1.807) is 0 Å². The zero-order valence-electron chi connectivity index (χ0n) is 9.80. The Hall–Kier alpha value is -1.26. The second kappa shape index (κ2) is 6.27. The van der Waals surface area contributed by atoms with Crippen molar-refractivity contribution in [2.24, 2.45) is 0 Å². The fourth-order valence-corrected chi connectivity index (χ4v) is 1.56. The summed E-state index contributed by atoms with van der Waals surface area (Å²) in [6.45, 7) is 6.94. The highest BCUT2D eigenvalue weighted by Gasteiger charge is 2.06. The highest BCUT2D eigenvalue weighted by atomic mass is 14.9. The van der Waals surface area contributed by atoms with Crippen molar-refractivity contribution >= 4 is 0 Å². The average Bonchev–Trinajstić information content (AvgIpc) is 2.26. The Bertz CT molecular complexity index is 340. The molecule has 1 nitrogen and oxygen atoms in total. The van der Waals surface area contributed by atoms with Crippen molar-refractivity contribution in [2.45, 2.75) is 33.2 Å². The molecule has 0 heterocycles. The summed E-state index contributed by atoms with van der Waals surface area (Å²) in [5.74, 6) is 5.93. The molecule has 0 saturated heterocycles. The molecule has 1 N–H and O–H groups in total. The summed E-state index contributed by atoms with van der Waals surface area (Å²) in [7, 11) is 0. The molecule has 1 aromatic carbocycles. The van der Waals surface area contributed by atoms with Crippen LogP contribution in [-0.4, -0.2) is 6.54 Å². The second-order valence-corrected chi connectivity index (χ2v) is 3.68. The first-order valence-corrected chi connectivity index (χ1v) is 5.47. The van der Waals surface area contributed by atoms with Crippen LogP contribution < -0.4 is 5.32 Å². The van der Waals surface area contributed by atoms with Gasteiger partial charge in [0, 0.05) is 6.04 Å². The monoisotopic (exact) mass is 201 g/mol. The van der Waals surface area contributed by atoms with E-state index in [1.165, 1.54) is 11.1 Å². The number of nitrogens with one attached hydrogen (secondary N) is 1. The maximum Gasteiger partial charge on any atom is 0.0581 e. The van der Waals surface area contributed by atoms with Crippen LogP contribution in [0.4, 0.5) is 0 Å². The van der Waals surface area contributed by atoms with E-state index in [1.807, 2.05) is 6.92 Å². The molecule has 0 bridgehead atoms. The topological polar surface area (TPSA) is 12.0 Å². The van der Waals surface area contributed by atoms with E-state index < -0.39 is 0 Å². The Morgan fingerprint density at radius 3 is 2.47 bits per heavy atom. The van der Waals surface area contributed by atoms with Crippen LogP contribution in [-0.2, 0) is 0 Å². The fourth-order valence-electron chi connectivity index (χ4n) is 1.56. The molecule has 1 heteroatoms. The van der Waals surface area contributed by atoms with E-state index in [4.69, 9.17) is 0 Å². The van der Waals surface area contributed by atoms with Gasteiger partial charge in [0.1, 0.15) is 0 Å². The summed E-state index contributed by atoms with van der Waals surface area (Å²) >= 11 is 0. The Balaban J connectivity index is 2.64. The van der Waals surface area contributed by atoms with Crippen LogP contribution in [0.3, 0.4) is 0 Å². The van der Waals surface area contributed by atoms with Gasteiger partial charge in [-0.3, -0.25) is 5.32 Å². The molecule has 0 aliphatic carbocycles. The summed E-state index contributed by atoms with van der Waals surface area (Å²) in [5.41, 5.74) is 2.66. The third-order valence-electron chi connectivity index (χ3n) is 2.50. The smallest absolute Gasteiger partial charge is 0.0581 e. The summed E-state index contributed by atoms with van der Waals surface area (Å²) in [4.78, 5) is 0. The van der Waals surface area contributed by atoms with Gasteiger partial charge in [-0.05, 0) is 25.8 Å². The van der Waals surface area contributed by atoms with Gasteiger partial charge < -0.3 is 0 Å². The molecule has 0 saturated carbocycles. The van der Waals surface area contributed by atoms with Gasteiger partial charge in [0.2, 0.25) is 0 Å². The number of hydrogen-bond donors (Lipinski definition) is 1. The Kier molecular flexibility index (Phi) is 4.93. The Morgan fingerprint density at radius 2 is 1.93 bits per heavy atom. The summed E-state index contributed by atoms with van der Waals surface area (Å²) in [5, 5.41) is 3.43. The van der Waals surface area contributed by atoms with Crippen LogP contribution in [0.5, 0.6) is 0 Å². The largest absolute Gasteiger partial charge is 0.299 e. The summed E-state index contributed by atoms with van der Waals surface area (Å²) in [6.07, 6.45) is 1.09. The Morgan fingerprint density at radius 1 is 1.27 bits per heavy atom. The third-order valence-corrected chi connectivity index (χ3v) is 2.50. The minimum Gasteiger partial charge on any atom is -0.299 e. The SMILES string of the molecule is CC#CCNC(CC)c1ccc(C)cc1. The van der Waals surface area contributed by atoms with Crippen molar-refractivity contribution in [1.82, 2.24) is 5.32 Å². The molecule has 15 heavy (non-hydrogen) atoms. The molecule has 0 fully saturated rings. The first-order valence-electron chi connectivity index (χ1n) is 5.47. The van der Waals surface area contributed by atoms with Crippen molar-refractivity contribution < 1.29 is 0 Å². The third kappa shape index (κ3) is 3.77. The van der Waals surface area contributed by atoms with Crippen LogP contribution in [0.2, 0.25) is 0 Å². The van der Waals surface area contributed by atoms with Crippen molar-refractivity contribution in [1.29, 1.82) is 0 Å². The molecule has 80 valence electrons. The van der Waals surface area contributed by atoms with Crippen LogP contribution in [0.1, 0.15) is 37.4 Å². The van der Waals surface area contributed by atoms with Crippen LogP contribution in [0, 0.1) is 18.8 Å². The molecule has 0 aliphatic heterocycles. The van der Waals surface area contributed by atoms with Gasteiger partial charge in [-0.2, -0.15) is 0 Å². The minimum absolute atomic E-state index is 0.423. The summed E-state index contributed by atoms with van der Waals surface area (Å²) in [6, 6.07) is 9.12. The highest BCUT2D eigenvalue weighted by Crippen LogP contribution is 2.16. The van der Waals surface area contributed by atoms with Crippen LogP contribution in [0.15, 0.2) is 24.3 Å². The Labute approximate surface area is 92.9 Å². The van der Waals surface area contributed by atoms with Gasteiger partial charge >= 0.3 is 0 Å². The van der Waals surface area contributed by atoms with Crippen molar-refractivity contribution in [3.05, 3.63) is 35.4 Å². The van der Waals surface area contributed by atoms with E-state index >= 15 is 0 Å². The van der Waals surface area contributed by atoms with Gasteiger partial charge in [-0.25, -0.2) is 0 Å². The van der Waals surface area contributed by atoms with Gasteiger partial charge in [0.05, 0.1) is 6.54 Å². The molecule has 0 spiro atoms. The fraction of sp³-hybridized carbons (Fsp3) is 0.429. The molecule has 0 aromatic heterocycles. The zero-order valence-corrected chi connectivity index (χ0v) is 9.80.